The van der Waals surface area contributed by atoms with Crippen molar-refractivity contribution in [3.63, 3.8) is 0 Å². The van der Waals surface area contributed by atoms with Gasteiger partial charge in [0.15, 0.2) is 5.78 Å². The van der Waals surface area contributed by atoms with Gasteiger partial charge in [0.05, 0.1) is 11.8 Å². The van der Waals surface area contributed by atoms with Gasteiger partial charge in [-0.1, -0.05) is 18.2 Å². The first-order valence-corrected chi connectivity index (χ1v) is 5.42. The van der Waals surface area contributed by atoms with E-state index in [4.69, 9.17) is 0 Å². The van der Waals surface area contributed by atoms with Crippen LogP contribution in [-0.4, -0.2) is 20.8 Å². The van der Waals surface area contributed by atoms with Gasteiger partial charge in [-0.2, -0.15) is 28.2 Å². The molecular weight excluding hydrogens is 259 g/mol. The largest absolute Gasteiger partial charge is 0.416 e. The van der Waals surface area contributed by atoms with Crippen molar-refractivity contribution in [1.29, 1.82) is 0 Å². The number of hydrogen-bond donors (Lipinski definition) is 0. The summed E-state index contributed by atoms with van der Waals surface area (Å²) in [6.07, 6.45) is -3.26. The van der Waals surface area contributed by atoms with Gasteiger partial charge < -0.3 is 0 Å². The molecule has 100 valence electrons. The molecule has 0 atom stereocenters. The summed E-state index contributed by atoms with van der Waals surface area (Å²) in [4.78, 5) is 13.0. The van der Waals surface area contributed by atoms with E-state index >= 15 is 0 Å². The normalized spacial score (nSPS) is 11.6. The minimum Gasteiger partial charge on any atom is -0.292 e. The van der Waals surface area contributed by atoms with E-state index in [9.17, 15) is 18.0 Å². The van der Waals surface area contributed by atoms with Crippen LogP contribution in [0.3, 0.4) is 0 Å². The number of nitrogens with zero attached hydrogens (tertiary/aromatic N) is 3. The molecule has 2 aromatic rings. The van der Waals surface area contributed by atoms with E-state index in [-0.39, 0.29) is 17.9 Å². The summed E-state index contributed by atoms with van der Waals surface area (Å²) < 4.78 is 37.6. The number of hydrogen-bond acceptors (Lipinski definition) is 3. The van der Waals surface area contributed by atoms with Crippen LogP contribution in [0.15, 0.2) is 30.5 Å². The molecule has 0 saturated heterocycles. The van der Waals surface area contributed by atoms with Gasteiger partial charge in [0.25, 0.3) is 0 Å². The molecule has 0 N–H and O–H groups in total. The first kappa shape index (κ1) is 13.3. The summed E-state index contributed by atoms with van der Waals surface area (Å²) in [5, 5.41) is 7.55. The minimum atomic E-state index is -4.41. The van der Waals surface area contributed by atoms with Crippen molar-refractivity contribution in [2.75, 3.05) is 0 Å². The first-order valence-electron chi connectivity index (χ1n) is 5.42. The standard InChI is InChI=1S/C12H10F3N3O/c1-18-16-7-10(17-18)11(19)6-8-3-2-4-9(5-8)12(13,14)15/h2-5,7H,6H2,1H3. The SMILES string of the molecule is Cn1ncc(C(=O)Cc2cccc(C(F)(F)F)c2)n1. The van der Waals surface area contributed by atoms with Crippen molar-refractivity contribution in [1.82, 2.24) is 15.0 Å². The number of ketones is 1. The smallest absolute Gasteiger partial charge is 0.292 e. The second-order valence-corrected chi connectivity index (χ2v) is 4.02. The molecule has 1 aromatic heterocycles. The topological polar surface area (TPSA) is 47.8 Å². The number of aromatic nitrogens is 3. The Balaban J connectivity index is 2.18. The molecule has 0 aliphatic rings. The van der Waals surface area contributed by atoms with Crippen molar-refractivity contribution in [3.05, 3.63) is 47.3 Å². The maximum Gasteiger partial charge on any atom is 0.416 e. The van der Waals surface area contributed by atoms with E-state index in [0.717, 1.165) is 12.1 Å². The van der Waals surface area contributed by atoms with Crippen LogP contribution in [0.1, 0.15) is 21.6 Å². The Kier molecular flexibility index (Phi) is 3.37. The molecule has 2 rings (SSSR count). The predicted octanol–water partition coefficient (Wildman–Crippen LogP) is 2.26. The Morgan fingerprint density at radius 2 is 2.11 bits per heavy atom. The monoisotopic (exact) mass is 269 g/mol. The average Bonchev–Trinajstić information content (AvgIpc) is 2.75. The molecule has 0 radical (unpaired) electrons. The third-order valence-corrected chi connectivity index (χ3v) is 2.50. The maximum absolute atomic E-state index is 12.5. The fourth-order valence-electron chi connectivity index (χ4n) is 1.61. The molecule has 0 aliphatic carbocycles. The lowest BCUT2D eigenvalue weighted by molar-refractivity contribution is -0.137. The van der Waals surface area contributed by atoms with Gasteiger partial charge in [-0.15, -0.1) is 0 Å². The Hall–Kier alpha value is -2.18. The highest BCUT2D eigenvalue weighted by Gasteiger charge is 2.30. The van der Waals surface area contributed by atoms with Crippen LogP contribution >= 0.6 is 0 Å². The zero-order valence-electron chi connectivity index (χ0n) is 9.98. The quantitative estimate of drug-likeness (QED) is 0.803. The number of rotatable bonds is 3. The minimum absolute atomic E-state index is 0.136. The zero-order valence-corrected chi connectivity index (χ0v) is 9.98. The van der Waals surface area contributed by atoms with Gasteiger partial charge in [0.2, 0.25) is 0 Å². The van der Waals surface area contributed by atoms with Crippen LogP contribution in [-0.2, 0) is 19.6 Å². The third kappa shape index (κ3) is 3.18. The van der Waals surface area contributed by atoms with E-state index < -0.39 is 11.7 Å². The second-order valence-electron chi connectivity index (χ2n) is 4.02. The lowest BCUT2D eigenvalue weighted by Crippen LogP contribution is -2.08. The van der Waals surface area contributed by atoms with Crippen LogP contribution in [0.25, 0.3) is 0 Å². The van der Waals surface area contributed by atoms with Crippen LogP contribution in [0.4, 0.5) is 13.2 Å². The lowest BCUT2D eigenvalue weighted by Gasteiger charge is -2.07. The number of alkyl halides is 3. The molecule has 0 saturated carbocycles. The summed E-state index contributed by atoms with van der Waals surface area (Å²) in [5.41, 5.74) is -0.331. The molecule has 4 nitrogen and oxygen atoms in total. The van der Waals surface area contributed by atoms with E-state index in [1.807, 2.05) is 0 Å². The van der Waals surface area contributed by atoms with Gasteiger partial charge in [-0.05, 0) is 11.6 Å². The van der Waals surface area contributed by atoms with Crippen molar-refractivity contribution in [2.45, 2.75) is 12.6 Å². The number of carbonyl (C=O) groups is 1. The molecule has 7 heteroatoms. The molecule has 0 fully saturated rings. The van der Waals surface area contributed by atoms with Gasteiger partial charge >= 0.3 is 6.18 Å². The van der Waals surface area contributed by atoms with E-state index in [2.05, 4.69) is 10.2 Å². The molecule has 0 bridgehead atoms. The summed E-state index contributed by atoms with van der Waals surface area (Å²) >= 11 is 0. The summed E-state index contributed by atoms with van der Waals surface area (Å²) in [6, 6.07) is 4.69. The second kappa shape index (κ2) is 4.83. The Morgan fingerprint density at radius 3 is 2.68 bits per heavy atom. The number of carbonyl (C=O) groups excluding carboxylic acids is 1. The van der Waals surface area contributed by atoms with Crippen molar-refractivity contribution < 1.29 is 18.0 Å². The Bertz CT molecular complexity index is 604. The van der Waals surface area contributed by atoms with E-state index in [1.165, 1.54) is 23.1 Å². The summed E-state index contributed by atoms with van der Waals surface area (Å²) in [6.45, 7) is 0. The van der Waals surface area contributed by atoms with E-state index in [0.29, 0.717) is 5.56 Å². The maximum atomic E-state index is 12.5. The van der Waals surface area contributed by atoms with E-state index in [1.54, 1.807) is 7.05 Å². The summed E-state index contributed by atoms with van der Waals surface area (Å²) in [5.74, 6) is -0.368. The van der Waals surface area contributed by atoms with Gasteiger partial charge in [-0.25, -0.2) is 0 Å². The number of benzene rings is 1. The highest BCUT2D eigenvalue weighted by atomic mass is 19.4. The summed E-state index contributed by atoms with van der Waals surface area (Å²) in [7, 11) is 1.56. The average molecular weight is 269 g/mol. The third-order valence-electron chi connectivity index (χ3n) is 2.50. The van der Waals surface area contributed by atoms with Crippen LogP contribution in [0.2, 0.25) is 0 Å². The van der Waals surface area contributed by atoms with Crippen LogP contribution < -0.4 is 0 Å². The van der Waals surface area contributed by atoms with Crippen LogP contribution in [0, 0.1) is 0 Å². The van der Waals surface area contributed by atoms with Crippen molar-refractivity contribution in [3.8, 4) is 0 Å². The Labute approximate surface area is 106 Å². The molecular formula is C12H10F3N3O. The van der Waals surface area contributed by atoms with Crippen molar-refractivity contribution >= 4 is 5.78 Å². The predicted molar refractivity (Wildman–Crippen MR) is 60.5 cm³/mol. The molecule has 0 spiro atoms. The zero-order chi connectivity index (χ0) is 14.0. The van der Waals surface area contributed by atoms with Gasteiger partial charge in [-0.3, -0.25) is 4.79 Å². The van der Waals surface area contributed by atoms with Crippen molar-refractivity contribution in [2.24, 2.45) is 7.05 Å². The Morgan fingerprint density at radius 1 is 1.37 bits per heavy atom. The molecule has 0 unspecified atom stereocenters. The molecule has 0 amide bonds. The molecule has 1 aromatic carbocycles. The number of aryl methyl sites for hydroxylation is 1. The first-order chi connectivity index (χ1) is 8.86. The fourth-order valence-corrected chi connectivity index (χ4v) is 1.61. The van der Waals surface area contributed by atoms with Gasteiger partial charge in [0, 0.05) is 13.5 Å². The fraction of sp³-hybridized carbons (Fsp3) is 0.250. The number of Topliss-reactive ketones (excluding diaryl/α,β-unsaturated/α-hetero) is 1. The molecule has 0 aliphatic heterocycles. The number of halogens is 3. The van der Waals surface area contributed by atoms with Gasteiger partial charge in [0.1, 0.15) is 5.69 Å². The molecule has 1 heterocycles. The highest BCUT2D eigenvalue weighted by Crippen LogP contribution is 2.29. The lowest BCUT2D eigenvalue weighted by atomic mass is 10.0. The van der Waals surface area contributed by atoms with Crippen LogP contribution in [0.5, 0.6) is 0 Å². The molecule has 19 heavy (non-hydrogen) atoms. The highest BCUT2D eigenvalue weighted by molar-refractivity contribution is 5.95.